The van der Waals surface area contributed by atoms with Crippen LogP contribution in [0.3, 0.4) is 0 Å². The molecule has 0 aliphatic heterocycles. The highest BCUT2D eigenvalue weighted by Gasteiger charge is 2.07. The quantitative estimate of drug-likeness (QED) is 0.711. The number of aromatic amines is 1. The highest BCUT2D eigenvalue weighted by Crippen LogP contribution is 2.18. The van der Waals surface area contributed by atoms with Gasteiger partial charge in [-0.1, -0.05) is 0 Å². The predicted molar refractivity (Wildman–Crippen MR) is 65.9 cm³/mol. The van der Waals surface area contributed by atoms with E-state index in [9.17, 15) is 9.18 Å². The summed E-state index contributed by atoms with van der Waals surface area (Å²) in [5.41, 5.74) is 2.02. The van der Waals surface area contributed by atoms with Crippen molar-refractivity contribution < 1.29 is 4.39 Å². The molecular weight excluding hydrogens is 233 g/mol. The van der Waals surface area contributed by atoms with Gasteiger partial charge in [0.2, 0.25) is 5.78 Å². The summed E-state index contributed by atoms with van der Waals surface area (Å²) in [4.78, 5) is 19.1. The van der Waals surface area contributed by atoms with Crippen molar-refractivity contribution in [2.24, 2.45) is 0 Å². The average molecular weight is 243 g/mol. The lowest BCUT2D eigenvalue weighted by Gasteiger charge is -1.94. The normalized spacial score (nSPS) is 11.0. The molecule has 5 heteroatoms. The number of rotatable bonds is 1. The van der Waals surface area contributed by atoms with Gasteiger partial charge < -0.3 is 4.98 Å². The largest absolute Gasteiger partial charge is 0.329 e. The SMILES string of the molecule is Cc1cc(=O)n2cc(-c3ccc(F)cc3)nc2[nH]1. The molecule has 0 radical (unpaired) electrons. The minimum absolute atomic E-state index is 0.137. The number of nitrogens with zero attached hydrogens (tertiary/aromatic N) is 2. The van der Waals surface area contributed by atoms with Gasteiger partial charge in [0.1, 0.15) is 5.82 Å². The molecule has 0 amide bonds. The number of nitrogens with one attached hydrogen (secondary N) is 1. The summed E-state index contributed by atoms with van der Waals surface area (Å²) in [5.74, 6) is 0.189. The van der Waals surface area contributed by atoms with Gasteiger partial charge in [0.05, 0.1) is 5.69 Å². The zero-order chi connectivity index (χ0) is 12.7. The molecule has 4 nitrogen and oxygen atoms in total. The predicted octanol–water partition coefficient (Wildman–Crippen LogP) is 2.14. The number of benzene rings is 1. The van der Waals surface area contributed by atoms with Crippen LogP contribution in [0.15, 0.2) is 41.3 Å². The van der Waals surface area contributed by atoms with Crippen LogP contribution in [-0.4, -0.2) is 14.4 Å². The Bertz CT molecular complexity index is 771. The van der Waals surface area contributed by atoms with Gasteiger partial charge in [0, 0.05) is 23.5 Å². The van der Waals surface area contributed by atoms with Crippen molar-refractivity contribution in [3.8, 4) is 11.3 Å². The fourth-order valence-corrected chi connectivity index (χ4v) is 1.86. The van der Waals surface area contributed by atoms with Crippen LogP contribution in [0.2, 0.25) is 0 Å². The molecule has 0 saturated heterocycles. The summed E-state index contributed by atoms with van der Waals surface area (Å²) < 4.78 is 14.3. The van der Waals surface area contributed by atoms with Gasteiger partial charge in [0.15, 0.2) is 0 Å². The standard InChI is InChI=1S/C13H10FN3O/c1-8-6-12(18)17-7-11(16-13(17)15-8)9-2-4-10(14)5-3-9/h2-7H,1H3,(H,15,16). The molecule has 0 bridgehead atoms. The van der Waals surface area contributed by atoms with E-state index in [4.69, 9.17) is 0 Å². The van der Waals surface area contributed by atoms with Crippen molar-refractivity contribution in [1.29, 1.82) is 0 Å². The van der Waals surface area contributed by atoms with Crippen LogP contribution in [0, 0.1) is 12.7 Å². The molecule has 18 heavy (non-hydrogen) atoms. The van der Waals surface area contributed by atoms with Crippen molar-refractivity contribution in [3.05, 3.63) is 58.4 Å². The smallest absolute Gasteiger partial charge is 0.259 e. The van der Waals surface area contributed by atoms with Crippen molar-refractivity contribution in [1.82, 2.24) is 14.4 Å². The molecule has 1 aromatic carbocycles. The lowest BCUT2D eigenvalue weighted by atomic mass is 10.2. The molecule has 90 valence electrons. The Morgan fingerprint density at radius 3 is 2.72 bits per heavy atom. The monoisotopic (exact) mass is 243 g/mol. The maximum Gasteiger partial charge on any atom is 0.259 e. The maximum absolute atomic E-state index is 12.8. The molecule has 2 aromatic heterocycles. The Labute approximate surface area is 102 Å². The van der Waals surface area contributed by atoms with Crippen LogP contribution in [0.5, 0.6) is 0 Å². The number of halogens is 1. The van der Waals surface area contributed by atoms with Crippen molar-refractivity contribution in [2.75, 3.05) is 0 Å². The summed E-state index contributed by atoms with van der Waals surface area (Å²) >= 11 is 0. The minimum atomic E-state index is -0.297. The fraction of sp³-hybridized carbons (Fsp3) is 0.0769. The lowest BCUT2D eigenvalue weighted by Crippen LogP contribution is -2.12. The first-order valence-corrected chi connectivity index (χ1v) is 5.48. The van der Waals surface area contributed by atoms with Crippen LogP contribution >= 0.6 is 0 Å². The number of aromatic nitrogens is 3. The molecule has 0 aliphatic rings. The van der Waals surface area contributed by atoms with E-state index in [1.54, 1.807) is 25.3 Å². The Balaban J connectivity index is 2.22. The number of H-pyrrole nitrogens is 1. The third kappa shape index (κ3) is 1.69. The highest BCUT2D eigenvalue weighted by atomic mass is 19.1. The zero-order valence-electron chi connectivity index (χ0n) is 9.64. The van der Waals surface area contributed by atoms with E-state index in [0.29, 0.717) is 11.5 Å². The Kier molecular flexibility index (Phi) is 2.26. The molecular formula is C13H10FN3O. The molecule has 0 unspecified atom stereocenters. The first-order valence-electron chi connectivity index (χ1n) is 5.48. The van der Waals surface area contributed by atoms with E-state index in [2.05, 4.69) is 9.97 Å². The summed E-state index contributed by atoms with van der Waals surface area (Å²) in [6.45, 7) is 1.80. The molecule has 3 rings (SSSR count). The van der Waals surface area contributed by atoms with E-state index in [1.165, 1.54) is 22.6 Å². The summed E-state index contributed by atoms with van der Waals surface area (Å²) in [5, 5.41) is 0. The van der Waals surface area contributed by atoms with Gasteiger partial charge in [-0.2, -0.15) is 0 Å². The highest BCUT2D eigenvalue weighted by molar-refractivity contribution is 5.61. The summed E-state index contributed by atoms with van der Waals surface area (Å²) in [6.07, 6.45) is 1.64. The van der Waals surface area contributed by atoms with Crippen LogP contribution in [0.4, 0.5) is 4.39 Å². The van der Waals surface area contributed by atoms with Crippen molar-refractivity contribution in [2.45, 2.75) is 6.92 Å². The second kappa shape index (κ2) is 3.80. The van der Waals surface area contributed by atoms with Gasteiger partial charge in [-0.15, -0.1) is 0 Å². The van der Waals surface area contributed by atoms with E-state index in [-0.39, 0.29) is 11.4 Å². The van der Waals surface area contributed by atoms with Gasteiger partial charge in [-0.25, -0.2) is 9.37 Å². The summed E-state index contributed by atoms with van der Waals surface area (Å²) in [7, 11) is 0. The molecule has 3 aromatic rings. The lowest BCUT2D eigenvalue weighted by molar-refractivity contribution is 0.628. The first kappa shape index (κ1) is 10.7. The minimum Gasteiger partial charge on any atom is -0.329 e. The Morgan fingerprint density at radius 2 is 2.00 bits per heavy atom. The molecule has 1 N–H and O–H groups in total. The average Bonchev–Trinajstić information content (AvgIpc) is 2.74. The Morgan fingerprint density at radius 1 is 1.28 bits per heavy atom. The fourth-order valence-electron chi connectivity index (χ4n) is 1.86. The molecule has 0 saturated carbocycles. The van der Waals surface area contributed by atoms with E-state index in [1.807, 2.05) is 0 Å². The molecule has 0 aliphatic carbocycles. The Hall–Kier alpha value is -2.43. The second-order valence-corrected chi connectivity index (χ2v) is 4.12. The van der Waals surface area contributed by atoms with E-state index < -0.39 is 0 Å². The second-order valence-electron chi connectivity index (χ2n) is 4.12. The van der Waals surface area contributed by atoms with E-state index in [0.717, 1.165) is 11.3 Å². The topological polar surface area (TPSA) is 50.2 Å². The number of hydrogen-bond donors (Lipinski definition) is 1. The summed E-state index contributed by atoms with van der Waals surface area (Å²) in [6, 6.07) is 7.50. The van der Waals surface area contributed by atoms with Crippen LogP contribution in [-0.2, 0) is 0 Å². The molecule has 0 spiro atoms. The molecule has 0 fully saturated rings. The molecule has 0 atom stereocenters. The van der Waals surface area contributed by atoms with Crippen molar-refractivity contribution >= 4 is 5.78 Å². The number of imidazole rings is 1. The number of fused-ring (bicyclic) bond motifs is 1. The third-order valence-electron chi connectivity index (χ3n) is 2.73. The first-order chi connectivity index (χ1) is 8.63. The van der Waals surface area contributed by atoms with E-state index >= 15 is 0 Å². The van der Waals surface area contributed by atoms with Gasteiger partial charge >= 0.3 is 0 Å². The van der Waals surface area contributed by atoms with Crippen LogP contribution in [0.1, 0.15) is 5.69 Å². The maximum atomic E-state index is 12.8. The number of hydrogen-bond acceptors (Lipinski definition) is 2. The zero-order valence-corrected chi connectivity index (χ0v) is 9.64. The van der Waals surface area contributed by atoms with Gasteiger partial charge in [0.25, 0.3) is 5.56 Å². The van der Waals surface area contributed by atoms with Gasteiger partial charge in [-0.3, -0.25) is 9.20 Å². The van der Waals surface area contributed by atoms with Gasteiger partial charge in [-0.05, 0) is 31.2 Å². The van der Waals surface area contributed by atoms with Crippen LogP contribution < -0.4 is 5.56 Å². The van der Waals surface area contributed by atoms with Crippen LogP contribution in [0.25, 0.3) is 17.0 Å². The van der Waals surface area contributed by atoms with Crippen molar-refractivity contribution in [3.63, 3.8) is 0 Å². The third-order valence-corrected chi connectivity index (χ3v) is 2.73. The molecule has 2 heterocycles. The number of aryl methyl sites for hydroxylation is 1.